The van der Waals surface area contributed by atoms with E-state index in [0.29, 0.717) is 23.8 Å². The third kappa shape index (κ3) is 3.80. The van der Waals surface area contributed by atoms with Crippen LogP contribution in [0, 0.1) is 18.8 Å². The topological polar surface area (TPSA) is 56.6 Å². The van der Waals surface area contributed by atoms with Crippen molar-refractivity contribution in [2.75, 3.05) is 19.6 Å². The zero-order valence-electron chi connectivity index (χ0n) is 20.8. The summed E-state index contributed by atoms with van der Waals surface area (Å²) in [6.45, 7) is 6.13. The molecule has 0 radical (unpaired) electrons. The van der Waals surface area contributed by atoms with E-state index in [1.54, 1.807) is 0 Å². The molecular weight excluding hydrogens is 420 g/mol. The SMILES string of the molecule is Cc1cc2[n+]([nH]1)CCC[C@]21C[NH2+]C[C@H]1C(=O)N1CC[C@@H](c2ccccc2)C[C@H]1C1CCCCC1. The minimum atomic E-state index is -0.00646. The number of aromatic nitrogens is 2. The molecule has 1 aromatic carbocycles. The lowest BCUT2D eigenvalue weighted by molar-refractivity contribution is -0.767. The van der Waals surface area contributed by atoms with Crippen LogP contribution in [0.2, 0.25) is 0 Å². The molecule has 0 bridgehead atoms. The van der Waals surface area contributed by atoms with E-state index in [-0.39, 0.29) is 11.3 Å². The summed E-state index contributed by atoms with van der Waals surface area (Å²) >= 11 is 0. The zero-order chi connectivity index (χ0) is 23.1. The zero-order valence-corrected chi connectivity index (χ0v) is 20.8. The molecule has 4 heterocycles. The van der Waals surface area contributed by atoms with Crippen LogP contribution in [0.25, 0.3) is 0 Å². The molecule has 3 fully saturated rings. The smallest absolute Gasteiger partial charge is 0.233 e. The van der Waals surface area contributed by atoms with Crippen LogP contribution in [-0.2, 0) is 16.8 Å². The van der Waals surface area contributed by atoms with Gasteiger partial charge in [-0.25, -0.2) is 0 Å². The lowest BCUT2D eigenvalue weighted by Gasteiger charge is -2.46. The summed E-state index contributed by atoms with van der Waals surface area (Å²) in [6.07, 6.45) is 11.2. The molecule has 34 heavy (non-hydrogen) atoms. The van der Waals surface area contributed by atoms with Crippen LogP contribution < -0.4 is 10.00 Å². The first-order valence-corrected chi connectivity index (χ1v) is 13.9. The molecule has 1 aromatic heterocycles. The predicted molar refractivity (Wildman–Crippen MR) is 132 cm³/mol. The molecule has 4 aliphatic rings. The largest absolute Gasteiger partial charge is 0.345 e. The fourth-order valence-electron chi connectivity index (χ4n) is 8.09. The molecule has 1 aliphatic carbocycles. The lowest BCUT2D eigenvalue weighted by atomic mass is 9.69. The van der Waals surface area contributed by atoms with Gasteiger partial charge in [-0.1, -0.05) is 49.6 Å². The number of benzene rings is 1. The highest BCUT2D eigenvalue weighted by molar-refractivity contribution is 5.81. The van der Waals surface area contributed by atoms with E-state index in [2.05, 4.69) is 63.3 Å². The molecule has 2 saturated heterocycles. The number of hydrogen-bond acceptors (Lipinski definition) is 1. The van der Waals surface area contributed by atoms with E-state index in [9.17, 15) is 4.79 Å². The van der Waals surface area contributed by atoms with Crippen molar-refractivity contribution in [2.45, 2.75) is 88.6 Å². The van der Waals surface area contributed by atoms with E-state index < -0.39 is 0 Å². The van der Waals surface area contributed by atoms with Gasteiger partial charge in [-0.15, -0.1) is 4.68 Å². The predicted octanol–water partition coefficient (Wildman–Crippen LogP) is 3.19. The van der Waals surface area contributed by atoms with Crippen molar-refractivity contribution in [3.8, 4) is 0 Å². The van der Waals surface area contributed by atoms with Gasteiger partial charge < -0.3 is 10.2 Å². The molecule has 5 nitrogen and oxygen atoms in total. The van der Waals surface area contributed by atoms with Gasteiger partial charge in [0.05, 0.1) is 18.8 Å². The molecule has 1 saturated carbocycles. The molecule has 4 atom stereocenters. The maximum atomic E-state index is 14.5. The lowest BCUT2D eigenvalue weighted by Crippen LogP contribution is -2.83. The van der Waals surface area contributed by atoms with E-state index in [1.165, 1.54) is 49.1 Å². The van der Waals surface area contributed by atoms with Crippen LogP contribution in [0.15, 0.2) is 36.4 Å². The molecule has 3 N–H and O–H groups in total. The number of H-pyrrole nitrogens is 1. The minimum absolute atomic E-state index is 0.00646. The fraction of sp³-hybridized carbons (Fsp3) is 0.655. The number of amides is 1. The quantitative estimate of drug-likeness (QED) is 0.677. The first-order valence-electron chi connectivity index (χ1n) is 13.9. The van der Waals surface area contributed by atoms with Gasteiger partial charge in [0.2, 0.25) is 11.6 Å². The number of nitrogens with two attached hydrogens (primary N) is 1. The summed E-state index contributed by atoms with van der Waals surface area (Å²) < 4.78 is 2.35. The number of rotatable bonds is 3. The second-order valence-electron chi connectivity index (χ2n) is 11.6. The molecule has 1 amide bonds. The molecule has 6 rings (SSSR count). The number of carbonyl (C=O) groups excluding carboxylic acids is 1. The summed E-state index contributed by atoms with van der Waals surface area (Å²) in [5.74, 6) is 1.83. The van der Waals surface area contributed by atoms with Gasteiger partial charge in [-0.2, -0.15) is 5.10 Å². The van der Waals surface area contributed by atoms with Crippen LogP contribution >= 0.6 is 0 Å². The van der Waals surface area contributed by atoms with Crippen molar-refractivity contribution in [1.82, 2.24) is 10.00 Å². The fourth-order valence-corrected chi connectivity index (χ4v) is 8.09. The number of carbonyl (C=O) groups is 1. The number of quaternary nitrogens is 1. The Kier molecular flexibility index (Phi) is 6.00. The van der Waals surface area contributed by atoms with Crippen LogP contribution in [0.4, 0.5) is 0 Å². The highest BCUT2D eigenvalue weighted by Crippen LogP contribution is 2.43. The third-order valence-electron chi connectivity index (χ3n) is 9.74. The van der Waals surface area contributed by atoms with E-state index in [0.717, 1.165) is 51.9 Å². The third-order valence-corrected chi connectivity index (χ3v) is 9.74. The average molecular weight is 463 g/mol. The van der Waals surface area contributed by atoms with Crippen LogP contribution in [0.5, 0.6) is 0 Å². The summed E-state index contributed by atoms with van der Waals surface area (Å²) in [7, 11) is 0. The second kappa shape index (κ2) is 9.14. The van der Waals surface area contributed by atoms with E-state index >= 15 is 0 Å². The summed E-state index contributed by atoms with van der Waals surface area (Å²) in [5.41, 5.74) is 4.07. The van der Waals surface area contributed by atoms with Crippen molar-refractivity contribution < 1.29 is 14.8 Å². The van der Waals surface area contributed by atoms with E-state index in [4.69, 9.17) is 0 Å². The number of hydrogen-bond donors (Lipinski definition) is 2. The Morgan fingerprint density at radius 3 is 2.76 bits per heavy atom. The van der Waals surface area contributed by atoms with Gasteiger partial charge in [-0.3, -0.25) is 4.79 Å². The van der Waals surface area contributed by atoms with Gasteiger partial charge in [0.25, 0.3) is 0 Å². The summed E-state index contributed by atoms with van der Waals surface area (Å²) in [4.78, 5) is 16.9. The van der Waals surface area contributed by atoms with Crippen LogP contribution in [-0.4, -0.2) is 41.6 Å². The molecule has 182 valence electrons. The Hall–Kier alpha value is -2.14. The Balaban J connectivity index is 1.30. The highest BCUT2D eigenvalue weighted by Gasteiger charge is 2.59. The molecule has 1 spiro atoms. The maximum Gasteiger partial charge on any atom is 0.233 e. The minimum Gasteiger partial charge on any atom is -0.345 e. The Bertz CT molecular complexity index is 1010. The summed E-state index contributed by atoms with van der Waals surface area (Å²) in [6, 6.07) is 13.8. The monoisotopic (exact) mass is 462 g/mol. The molecule has 0 unspecified atom stereocenters. The number of piperidine rings is 1. The van der Waals surface area contributed by atoms with Gasteiger partial charge in [0.1, 0.15) is 11.3 Å². The normalized spacial score (nSPS) is 32.1. The maximum absolute atomic E-state index is 14.5. The van der Waals surface area contributed by atoms with Gasteiger partial charge in [-0.05, 0) is 56.4 Å². The Labute approximate surface area is 204 Å². The summed E-state index contributed by atoms with van der Waals surface area (Å²) in [5, 5.41) is 5.97. The number of aromatic amines is 1. The van der Waals surface area contributed by atoms with Crippen molar-refractivity contribution in [3.63, 3.8) is 0 Å². The van der Waals surface area contributed by atoms with Gasteiger partial charge in [0.15, 0.2) is 6.54 Å². The number of nitrogens with one attached hydrogen (secondary N) is 1. The molecular formula is C29H42N4O+2. The van der Waals surface area contributed by atoms with Crippen molar-refractivity contribution in [2.24, 2.45) is 11.8 Å². The highest BCUT2D eigenvalue weighted by atomic mass is 16.2. The number of fused-ring (bicyclic) bond motifs is 2. The van der Waals surface area contributed by atoms with E-state index in [1.807, 2.05) is 0 Å². The first-order chi connectivity index (χ1) is 16.7. The molecule has 2 aromatic rings. The number of nitrogens with zero attached hydrogens (tertiary/aromatic N) is 2. The average Bonchev–Trinajstić information content (AvgIpc) is 3.48. The Morgan fingerprint density at radius 1 is 1.12 bits per heavy atom. The van der Waals surface area contributed by atoms with Gasteiger partial charge in [0, 0.05) is 25.1 Å². The number of likely N-dealkylation sites (tertiary alicyclic amines) is 1. The molecule has 3 aliphatic heterocycles. The standard InChI is InChI=1S/C29H40N4O/c1-21-17-27-29(14-8-15-33(27)31-21)20-30-19-25(29)28(34)32-16-13-24(22-9-4-2-5-10-22)18-26(32)23-11-6-3-7-12-23/h2,4-5,9-10,17,23-26,30H,3,6-8,11-16,18-20H2,1H3/p+2/t24-,25+,26+,29-/m1/s1. The van der Waals surface area contributed by atoms with Crippen molar-refractivity contribution in [1.29, 1.82) is 0 Å². The molecule has 5 heteroatoms. The second-order valence-corrected chi connectivity index (χ2v) is 11.6. The van der Waals surface area contributed by atoms with Crippen molar-refractivity contribution >= 4 is 5.91 Å². The van der Waals surface area contributed by atoms with Gasteiger partial charge >= 0.3 is 0 Å². The van der Waals surface area contributed by atoms with Crippen LogP contribution in [0.3, 0.4) is 0 Å². The van der Waals surface area contributed by atoms with Crippen LogP contribution in [0.1, 0.15) is 80.7 Å². The van der Waals surface area contributed by atoms with Crippen molar-refractivity contribution in [3.05, 3.63) is 53.3 Å². The first kappa shape index (κ1) is 22.3. The number of aryl methyl sites for hydroxylation is 2. The Morgan fingerprint density at radius 2 is 1.94 bits per heavy atom.